The Morgan fingerprint density at radius 2 is 1.65 bits per heavy atom. The minimum Gasteiger partial charge on any atom is -0.465 e. The summed E-state index contributed by atoms with van der Waals surface area (Å²) in [6.45, 7) is 1.33. The van der Waals surface area contributed by atoms with Gasteiger partial charge >= 0.3 is 5.97 Å². The van der Waals surface area contributed by atoms with Crippen molar-refractivity contribution in [2.24, 2.45) is 0 Å². The maximum absolute atomic E-state index is 12.7. The molecule has 0 spiro atoms. The highest BCUT2D eigenvalue weighted by atomic mass is 16.5. The van der Waals surface area contributed by atoms with Crippen molar-refractivity contribution in [2.45, 2.75) is 12.8 Å². The van der Waals surface area contributed by atoms with E-state index in [2.05, 4.69) is 21.9 Å². The average Bonchev–Trinajstić information content (AvgIpc) is 2.83. The van der Waals surface area contributed by atoms with Crippen LogP contribution in [0.2, 0.25) is 0 Å². The third-order valence-electron chi connectivity index (χ3n) is 4.11. The van der Waals surface area contributed by atoms with Gasteiger partial charge in [-0.25, -0.2) is 4.79 Å². The second-order valence-electron chi connectivity index (χ2n) is 5.51. The number of benzene rings is 1. The number of hydrogen-bond donors (Lipinski definition) is 0. The molecular weight excluding hydrogens is 292 g/mol. The van der Waals surface area contributed by atoms with Crippen molar-refractivity contribution in [3.05, 3.63) is 65.0 Å². The SMILES string of the molecule is COC(=O)c1cncc(C(=O)N2CCc3ccccc3CC2)c1. The topological polar surface area (TPSA) is 59.5 Å². The van der Waals surface area contributed by atoms with Crippen LogP contribution in [0.15, 0.2) is 42.7 Å². The monoisotopic (exact) mass is 310 g/mol. The highest BCUT2D eigenvalue weighted by molar-refractivity contribution is 5.97. The Kier molecular flexibility index (Phi) is 4.37. The van der Waals surface area contributed by atoms with Crippen LogP contribution in [0.1, 0.15) is 31.8 Å². The van der Waals surface area contributed by atoms with Gasteiger partial charge in [-0.15, -0.1) is 0 Å². The van der Waals surface area contributed by atoms with Crippen LogP contribution in [0, 0.1) is 0 Å². The lowest BCUT2D eigenvalue weighted by atomic mass is 10.0. The molecule has 5 nitrogen and oxygen atoms in total. The van der Waals surface area contributed by atoms with Crippen LogP contribution < -0.4 is 0 Å². The molecule has 1 amide bonds. The third kappa shape index (κ3) is 3.23. The molecule has 5 heteroatoms. The summed E-state index contributed by atoms with van der Waals surface area (Å²) in [5.74, 6) is -0.591. The van der Waals surface area contributed by atoms with Gasteiger partial charge in [0.25, 0.3) is 5.91 Å². The highest BCUT2D eigenvalue weighted by Gasteiger charge is 2.20. The van der Waals surface area contributed by atoms with Crippen LogP contribution in [0.5, 0.6) is 0 Å². The number of fused-ring (bicyclic) bond motifs is 1. The number of hydrogen-bond acceptors (Lipinski definition) is 4. The molecule has 2 heterocycles. The van der Waals surface area contributed by atoms with Crippen LogP contribution in [0.4, 0.5) is 0 Å². The van der Waals surface area contributed by atoms with E-state index in [1.807, 2.05) is 17.0 Å². The minimum absolute atomic E-state index is 0.101. The van der Waals surface area contributed by atoms with E-state index in [1.165, 1.54) is 30.6 Å². The Bertz CT molecular complexity index is 716. The lowest BCUT2D eigenvalue weighted by Crippen LogP contribution is -2.33. The first-order valence-electron chi connectivity index (χ1n) is 7.58. The molecule has 0 aliphatic carbocycles. The number of carbonyl (C=O) groups excluding carboxylic acids is 2. The van der Waals surface area contributed by atoms with Gasteiger partial charge in [-0.1, -0.05) is 24.3 Å². The van der Waals surface area contributed by atoms with Gasteiger partial charge in [-0.3, -0.25) is 9.78 Å². The first-order valence-corrected chi connectivity index (χ1v) is 7.58. The predicted molar refractivity (Wildman–Crippen MR) is 85.3 cm³/mol. The van der Waals surface area contributed by atoms with E-state index in [0.717, 1.165) is 12.8 Å². The van der Waals surface area contributed by atoms with Crippen molar-refractivity contribution >= 4 is 11.9 Å². The molecule has 0 radical (unpaired) electrons. The van der Waals surface area contributed by atoms with Crippen LogP contribution in [-0.2, 0) is 17.6 Å². The number of esters is 1. The molecule has 0 saturated carbocycles. The lowest BCUT2D eigenvalue weighted by molar-refractivity contribution is 0.0600. The van der Waals surface area contributed by atoms with Crippen molar-refractivity contribution in [1.82, 2.24) is 9.88 Å². The number of ether oxygens (including phenoxy) is 1. The Morgan fingerprint density at radius 3 is 2.26 bits per heavy atom. The van der Waals surface area contributed by atoms with E-state index in [0.29, 0.717) is 18.7 Å². The van der Waals surface area contributed by atoms with Gasteiger partial charge in [-0.2, -0.15) is 0 Å². The lowest BCUT2D eigenvalue weighted by Gasteiger charge is -2.20. The summed E-state index contributed by atoms with van der Waals surface area (Å²) >= 11 is 0. The number of amides is 1. The molecule has 2 aromatic rings. The molecule has 118 valence electrons. The summed E-state index contributed by atoms with van der Waals surface area (Å²) in [6.07, 6.45) is 4.58. The summed E-state index contributed by atoms with van der Waals surface area (Å²) < 4.78 is 4.67. The largest absolute Gasteiger partial charge is 0.465 e. The van der Waals surface area contributed by atoms with Crippen LogP contribution >= 0.6 is 0 Å². The molecule has 1 aliphatic rings. The number of aromatic nitrogens is 1. The maximum Gasteiger partial charge on any atom is 0.339 e. The fourth-order valence-electron chi connectivity index (χ4n) is 2.84. The molecule has 0 N–H and O–H groups in total. The molecule has 23 heavy (non-hydrogen) atoms. The van der Waals surface area contributed by atoms with Crippen molar-refractivity contribution in [2.75, 3.05) is 20.2 Å². The van der Waals surface area contributed by atoms with Gasteiger partial charge in [-0.05, 0) is 30.0 Å². The van der Waals surface area contributed by atoms with Gasteiger partial charge in [0.2, 0.25) is 0 Å². The summed E-state index contributed by atoms with van der Waals surface area (Å²) in [6, 6.07) is 9.82. The van der Waals surface area contributed by atoms with Gasteiger partial charge in [0.15, 0.2) is 0 Å². The van der Waals surface area contributed by atoms with E-state index in [-0.39, 0.29) is 11.5 Å². The highest BCUT2D eigenvalue weighted by Crippen LogP contribution is 2.17. The molecule has 0 unspecified atom stereocenters. The number of nitrogens with zero attached hydrogens (tertiary/aromatic N) is 2. The zero-order valence-electron chi connectivity index (χ0n) is 13.0. The van der Waals surface area contributed by atoms with Crippen molar-refractivity contribution < 1.29 is 14.3 Å². The quantitative estimate of drug-likeness (QED) is 0.797. The fraction of sp³-hybridized carbons (Fsp3) is 0.278. The molecule has 1 aromatic heterocycles. The molecule has 3 rings (SSSR count). The minimum atomic E-state index is -0.490. The van der Waals surface area contributed by atoms with Gasteiger partial charge in [0.1, 0.15) is 0 Å². The van der Waals surface area contributed by atoms with E-state index < -0.39 is 5.97 Å². The second kappa shape index (κ2) is 6.60. The Morgan fingerprint density at radius 1 is 1.04 bits per heavy atom. The first kappa shape index (κ1) is 15.2. The molecular formula is C18H18N2O3. The van der Waals surface area contributed by atoms with E-state index in [1.54, 1.807) is 6.07 Å². The molecule has 0 saturated heterocycles. The van der Waals surface area contributed by atoms with E-state index in [9.17, 15) is 9.59 Å². The average molecular weight is 310 g/mol. The molecule has 0 bridgehead atoms. The fourth-order valence-corrected chi connectivity index (χ4v) is 2.84. The van der Waals surface area contributed by atoms with E-state index in [4.69, 9.17) is 0 Å². The number of rotatable bonds is 2. The Balaban J connectivity index is 1.78. The zero-order valence-corrected chi connectivity index (χ0v) is 13.0. The Labute approximate surface area is 134 Å². The second-order valence-corrected chi connectivity index (χ2v) is 5.51. The van der Waals surface area contributed by atoms with Gasteiger partial charge < -0.3 is 9.64 Å². The molecule has 1 aliphatic heterocycles. The first-order chi connectivity index (χ1) is 11.2. The number of carbonyl (C=O) groups is 2. The summed E-state index contributed by atoms with van der Waals surface area (Å²) in [5.41, 5.74) is 3.30. The van der Waals surface area contributed by atoms with Crippen LogP contribution in [-0.4, -0.2) is 42.0 Å². The van der Waals surface area contributed by atoms with Crippen LogP contribution in [0.25, 0.3) is 0 Å². The summed E-state index contributed by atoms with van der Waals surface area (Å²) in [5, 5.41) is 0. The number of pyridine rings is 1. The predicted octanol–water partition coefficient (Wildman–Crippen LogP) is 2.11. The van der Waals surface area contributed by atoms with Crippen molar-refractivity contribution in [3.63, 3.8) is 0 Å². The smallest absolute Gasteiger partial charge is 0.339 e. The number of methoxy groups -OCH3 is 1. The van der Waals surface area contributed by atoms with Crippen LogP contribution in [0.3, 0.4) is 0 Å². The summed E-state index contributed by atoms with van der Waals surface area (Å²) in [4.78, 5) is 30.1. The standard InChI is InChI=1S/C18H18N2O3/c1-23-18(22)16-10-15(11-19-12-16)17(21)20-8-6-13-4-2-3-5-14(13)7-9-20/h2-5,10-12H,6-9H2,1H3. The zero-order chi connectivity index (χ0) is 16.2. The van der Waals surface area contributed by atoms with Gasteiger partial charge in [0.05, 0.1) is 18.2 Å². The molecule has 0 atom stereocenters. The van der Waals surface area contributed by atoms with E-state index >= 15 is 0 Å². The van der Waals surface area contributed by atoms with Gasteiger partial charge in [0, 0.05) is 25.5 Å². The maximum atomic E-state index is 12.7. The molecule has 1 aromatic carbocycles. The third-order valence-corrected chi connectivity index (χ3v) is 4.11. The normalized spacial score (nSPS) is 13.9. The summed E-state index contributed by atoms with van der Waals surface area (Å²) in [7, 11) is 1.31. The van der Waals surface area contributed by atoms with Crippen molar-refractivity contribution in [1.29, 1.82) is 0 Å². The molecule has 0 fully saturated rings. The van der Waals surface area contributed by atoms with Crippen molar-refractivity contribution in [3.8, 4) is 0 Å². The Hall–Kier alpha value is -2.69.